The Morgan fingerprint density at radius 3 is 2.53 bits per heavy atom. The number of hydrogen-bond donors (Lipinski definition) is 1. The van der Waals surface area contributed by atoms with Gasteiger partial charge in [0.2, 0.25) is 5.91 Å². The lowest BCUT2D eigenvalue weighted by atomic mass is 10.1. The number of hydrogen-bond acceptors (Lipinski definition) is 5. The van der Waals surface area contributed by atoms with Crippen LogP contribution in [0.25, 0.3) is 0 Å². The summed E-state index contributed by atoms with van der Waals surface area (Å²) in [4.78, 5) is 12.1. The number of carbonyl (C=O) groups is 1. The summed E-state index contributed by atoms with van der Waals surface area (Å²) < 4.78 is 17.4. The first kappa shape index (κ1) is 23.9. The Morgan fingerprint density at radius 2 is 1.84 bits per heavy atom. The van der Waals surface area contributed by atoms with E-state index in [9.17, 15) is 4.79 Å². The van der Waals surface area contributed by atoms with Gasteiger partial charge < -0.3 is 14.2 Å². The molecule has 1 N–H and O–H groups in total. The summed E-state index contributed by atoms with van der Waals surface area (Å²) in [5, 5.41) is 4.71. The van der Waals surface area contributed by atoms with Gasteiger partial charge in [-0.3, -0.25) is 4.79 Å². The number of carbonyl (C=O) groups excluding carboxylic acids is 1. The van der Waals surface area contributed by atoms with Gasteiger partial charge in [0.05, 0.1) is 30.4 Å². The fourth-order valence-corrected chi connectivity index (χ4v) is 3.84. The lowest BCUT2D eigenvalue weighted by Crippen LogP contribution is -2.19. The van der Waals surface area contributed by atoms with Gasteiger partial charge in [-0.05, 0) is 64.0 Å². The third kappa shape index (κ3) is 6.61. The molecular formula is C24H22ClIN2O4. The van der Waals surface area contributed by atoms with E-state index in [2.05, 4.69) is 33.1 Å². The number of nitrogens with zero attached hydrogens (tertiary/aromatic N) is 1. The SMILES string of the molecule is COc1ccc(CC(=O)N/N=C\c2cc(I)c(OCc3ccccc3Cl)c(OC)c2)cc1. The van der Waals surface area contributed by atoms with Crippen molar-refractivity contribution in [2.45, 2.75) is 13.0 Å². The summed E-state index contributed by atoms with van der Waals surface area (Å²) >= 11 is 8.38. The molecule has 0 saturated carbocycles. The smallest absolute Gasteiger partial charge is 0.244 e. The Hall–Kier alpha value is -2.78. The van der Waals surface area contributed by atoms with E-state index in [4.69, 9.17) is 25.8 Å². The quantitative estimate of drug-likeness (QED) is 0.219. The van der Waals surface area contributed by atoms with E-state index in [1.54, 1.807) is 26.5 Å². The maximum atomic E-state index is 12.1. The standard InChI is InChI=1S/C24H22ClIN2O4/c1-30-19-9-7-16(8-10-19)13-23(29)28-27-14-17-11-21(26)24(22(12-17)31-2)32-15-18-5-3-4-6-20(18)25/h3-12,14H,13,15H2,1-2H3,(H,28,29)/b27-14-. The van der Waals surface area contributed by atoms with Crippen molar-refractivity contribution in [3.8, 4) is 17.2 Å². The normalized spacial score (nSPS) is 10.8. The average molecular weight is 565 g/mol. The molecule has 0 bridgehead atoms. The van der Waals surface area contributed by atoms with Crippen molar-refractivity contribution in [3.63, 3.8) is 0 Å². The molecule has 32 heavy (non-hydrogen) atoms. The Kier molecular flexibility index (Phi) is 8.75. The topological polar surface area (TPSA) is 69.2 Å². The number of benzene rings is 3. The average Bonchev–Trinajstić information content (AvgIpc) is 2.79. The minimum absolute atomic E-state index is 0.215. The number of halogens is 2. The van der Waals surface area contributed by atoms with Crippen LogP contribution >= 0.6 is 34.2 Å². The zero-order valence-corrected chi connectivity index (χ0v) is 20.5. The van der Waals surface area contributed by atoms with Crippen molar-refractivity contribution in [1.82, 2.24) is 5.43 Å². The molecule has 0 aromatic heterocycles. The van der Waals surface area contributed by atoms with Crippen LogP contribution in [-0.4, -0.2) is 26.3 Å². The zero-order chi connectivity index (χ0) is 22.9. The summed E-state index contributed by atoms with van der Waals surface area (Å²) in [7, 11) is 3.18. The van der Waals surface area contributed by atoms with E-state index in [0.29, 0.717) is 23.1 Å². The molecule has 8 heteroatoms. The third-order valence-corrected chi connectivity index (χ3v) is 5.68. The Labute approximate surface area is 205 Å². The van der Waals surface area contributed by atoms with Crippen LogP contribution in [0.5, 0.6) is 17.2 Å². The maximum Gasteiger partial charge on any atom is 0.244 e. The summed E-state index contributed by atoms with van der Waals surface area (Å²) in [5.41, 5.74) is 5.06. The molecule has 0 radical (unpaired) electrons. The van der Waals surface area contributed by atoms with Crippen LogP contribution in [0.1, 0.15) is 16.7 Å². The highest BCUT2D eigenvalue weighted by molar-refractivity contribution is 14.1. The molecule has 0 fully saturated rings. The molecule has 0 atom stereocenters. The van der Waals surface area contributed by atoms with E-state index >= 15 is 0 Å². The minimum Gasteiger partial charge on any atom is -0.497 e. The van der Waals surface area contributed by atoms with Gasteiger partial charge in [-0.1, -0.05) is 41.9 Å². The van der Waals surface area contributed by atoms with E-state index in [-0.39, 0.29) is 12.3 Å². The first-order valence-corrected chi connectivity index (χ1v) is 11.1. The van der Waals surface area contributed by atoms with Gasteiger partial charge in [0.1, 0.15) is 12.4 Å². The minimum atomic E-state index is -0.215. The molecule has 0 heterocycles. The Morgan fingerprint density at radius 1 is 1.09 bits per heavy atom. The van der Waals surface area contributed by atoms with Gasteiger partial charge in [0, 0.05) is 10.6 Å². The fraction of sp³-hybridized carbons (Fsp3) is 0.167. The van der Waals surface area contributed by atoms with Crippen molar-refractivity contribution in [3.05, 3.63) is 85.9 Å². The van der Waals surface area contributed by atoms with Crippen LogP contribution in [0.4, 0.5) is 0 Å². The van der Waals surface area contributed by atoms with Crippen LogP contribution in [-0.2, 0) is 17.8 Å². The third-order valence-electron chi connectivity index (χ3n) is 4.51. The van der Waals surface area contributed by atoms with Gasteiger partial charge in [-0.25, -0.2) is 5.43 Å². The number of nitrogens with one attached hydrogen (secondary N) is 1. The predicted octanol–water partition coefficient (Wildman–Crippen LogP) is 5.23. The summed E-state index contributed by atoms with van der Waals surface area (Å²) in [5.74, 6) is 1.71. The molecule has 1 amide bonds. The summed E-state index contributed by atoms with van der Waals surface area (Å²) in [6, 6.07) is 18.5. The van der Waals surface area contributed by atoms with Crippen molar-refractivity contribution < 1.29 is 19.0 Å². The van der Waals surface area contributed by atoms with Gasteiger partial charge in [0.25, 0.3) is 0 Å². The number of methoxy groups -OCH3 is 2. The van der Waals surface area contributed by atoms with Crippen LogP contribution in [0.2, 0.25) is 5.02 Å². The number of hydrazone groups is 1. The Balaban J connectivity index is 1.62. The molecule has 6 nitrogen and oxygen atoms in total. The van der Waals surface area contributed by atoms with Gasteiger partial charge in [-0.2, -0.15) is 5.10 Å². The van der Waals surface area contributed by atoms with Crippen LogP contribution in [0, 0.1) is 3.57 Å². The number of rotatable bonds is 9. The van der Waals surface area contributed by atoms with Crippen molar-refractivity contribution >= 4 is 46.3 Å². The second-order valence-electron chi connectivity index (χ2n) is 6.73. The molecule has 0 unspecified atom stereocenters. The molecule has 3 aromatic carbocycles. The first-order chi connectivity index (χ1) is 15.5. The van der Waals surface area contributed by atoms with Crippen LogP contribution in [0.15, 0.2) is 65.8 Å². The van der Waals surface area contributed by atoms with Crippen molar-refractivity contribution in [1.29, 1.82) is 0 Å². The van der Waals surface area contributed by atoms with Crippen LogP contribution in [0.3, 0.4) is 0 Å². The molecule has 0 aliphatic rings. The summed E-state index contributed by atoms with van der Waals surface area (Å²) in [6.45, 7) is 0.320. The second-order valence-corrected chi connectivity index (χ2v) is 8.30. The highest BCUT2D eigenvalue weighted by Crippen LogP contribution is 2.34. The lowest BCUT2D eigenvalue weighted by molar-refractivity contribution is -0.120. The molecule has 0 spiro atoms. The van der Waals surface area contributed by atoms with Crippen molar-refractivity contribution in [2.75, 3.05) is 14.2 Å². The predicted molar refractivity (Wildman–Crippen MR) is 134 cm³/mol. The highest BCUT2D eigenvalue weighted by atomic mass is 127. The molecular weight excluding hydrogens is 543 g/mol. The lowest BCUT2D eigenvalue weighted by Gasteiger charge is -2.14. The molecule has 0 aliphatic carbocycles. The molecule has 3 aromatic rings. The molecule has 3 rings (SSSR count). The van der Waals surface area contributed by atoms with Crippen molar-refractivity contribution in [2.24, 2.45) is 5.10 Å². The highest BCUT2D eigenvalue weighted by Gasteiger charge is 2.12. The summed E-state index contributed by atoms with van der Waals surface area (Å²) in [6.07, 6.45) is 1.78. The fourth-order valence-electron chi connectivity index (χ4n) is 2.87. The number of amides is 1. The van der Waals surface area contributed by atoms with E-state index in [1.165, 1.54) is 0 Å². The van der Waals surface area contributed by atoms with E-state index in [0.717, 1.165) is 26.0 Å². The van der Waals surface area contributed by atoms with E-state index in [1.807, 2.05) is 54.6 Å². The monoisotopic (exact) mass is 564 g/mol. The molecule has 0 saturated heterocycles. The second kappa shape index (κ2) is 11.7. The molecule has 0 aliphatic heterocycles. The Bertz CT molecular complexity index is 1100. The van der Waals surface area contributed by atoms with E-state index < -0.39 is 0 Å². The maximum absolute atomic E-state index is 12.1. The van der Waals surface area contributed by atoms with Gasteiger partial charge >= 0.3 is 0 Å². The first-order valence-electron chi connectivity index (χ1n) is 9.68. The van der Waals surface area contributed by atoms with Gasteiger partial charge in [-0.15, -0.1) is 0 Å². The van der Waals surface area contributed by atoms with Gasteiger partial charge in [0.15, 0.2) is 11.5 Å². The number of ether oxygens (including phenoxy) is 3. The molecule has 166 valence electrons. The zero-order valence-electron chi connectivity index (χ0n) is 17.6. The van der Waals surface area contributed by atoms with Crippen LogP contribution < -0.4 is 19.6 Å². The largest absolute Gasteiger partial charge is 0.497 e.